The smallest absolute Gasteiger partial charge is 0.229 e. The number of carbonyl (C=O) groups excluding carboxylic acids is 1. The van der Waals surface area contributed by atoms with E-state index in [4.69, 9.17) is 9.47 Å². The van der Waals surface area contributed by atoms with Crippen LogP contribution in [0.5, 0.6) is 11.5 Å². The number of aryl methyl sites for hydroxylation is 1. The topological polar surface area (TPSA) is 76.2 Å². The number of benzene rings is 1. The molecular formula is C19H27N3O3. The number of hydrogen-bond donors (Lipinski definition) is 2. The Bertz CT molecular complexity index is 745. The highest BCUT2D eigenvalue weighted by molar-refractivity contribution is 5.99. The van der Waals surface area contributed by atoms with Crippen LogP contribution in [0.3, 0.4) is 0 Å². The van der Waals surface area contributed by atoms with Gasteiger partial charge in [-0.1, -0.05) is 34.1 Å². The molecule has 0 aliphatic carbocycles. The minimum atomic E-state index is -0.503. The highest BCUT2D eigenvalue weighted by atomic mass is 16.5. The van der Waals surface area contributed by atoms with Gasteiger partial charge in [-0.2, -0.15) is 5.10 Å². The molecule has 0 fully saturated rings. The summed E-state index contributed by atoms with van der Waals surface area (Å²) in [6.45, 7) is 7.73. The van der Waals surface area contributed by atoms with E-state index in [1.165, 1.54) is 0 Å². The van der Waals surface area contributed by atoms with Crippen molar-refractivity contribution in [3.05, 3.63) is 23.9 Å². The largest absolute Gasteiger partial charge is 0.497 e. The zero-order chi connectivity index (χ0) is 18.6. The van der Waals surface area contributed by atoms with Crippen molar-refractivity contribution in [2.24, 2.45) is 5.41 Å². The van der Waals surface area contributed by atoms with E-state index in [0.717, 1.165) is 24.1 Å². The molecule has 0 saturated carbocycles. The van der Waals surface area contributed by atoms with Crippen LogP contribution in [-0.4, -0.2) is 30.3 Å². The normalized spacial score (nSPS) is 11.3. The number of anilines is 1. The molecule has 1 aromatic heterocycles. The number of amides is 1. The van der Waals surface area contributed by atoms with E-state index in [1.807, 2.05) is 39.0 Å². The predicted octanol–water partition coefficient (Wildman–Crippen LogP) is 4.03. The van der Waals surface area contributed by atoms with Crippen molar-refractivity contribution in [1.29, 1.82) is 0 Å². The minimum Gasteiger partial charge on any atom is -0.497 e. The second kappa shape index (κ2) is 7.59. The van der Waals surface area contributed by atoms with Gasteiger partial charge in [-0.15, -0.1) is 0 Å². The Morgan fingerprint density at radius 3 is 2.52 bits per heavy atom. The van der Waals surface area contributed by atoms with Gasteiger partial charge in [0.15, 0.2) is 0 Å². The molecule has 2 rings (SSSR count). The van der Waals surface area contributed by atoms with Crippen LogP contribution in [0.1, 0.15) is 39.8 Å². The molecule has 1 amide bonds. The summed E-state index contributed by atoms with van der Waals surface area (Å²) in [6.07, 6.45) is 1.73. The van der Waals surface area contributed by atoms with Crippen LogP contribution in [0.25, 0.3) is 11.3 Å². The lowest BCUT2D eigenvalue weighted by Gasteiger charge is -2.19. The van der Waals surface area contributed by atoms with Gasteiger partial charge in [0.25, 0.3) is 0 Å². The van der Waals surface area contributed by atoms with Crippen LogP contribution in [0.4, 0.5) is 5.69 Å². The third-order valence-corrected chi connectivity index (χ3v) is 3.92. The molecule has 136 valence electrons. The molecule has 0 atom stereocenters. The number of carbonyl (C=O) groups is 1. The number of H-pyrrole nitrogens is 1. The number of hydrogen-bond acceptors (Lipinski definition) is 4. The molecule has 6 heteroatoms. The monoisotopic (exact) mass is 345 g/mol. The zero-order valence-electron chi connectivity index (χ0n) is 15.8. The van der Waals surface area contributed by atoms with Gasteiger partial charge in [0.2, 0.25) is 5.91 Å². The second-order valence-corrected chi connectivity index (χ2v) is 6.95. The van der Waals surface area contributed by atoms with Crippen LogP contribution in [0.2, 0.25) is 0 Å². The van der Waals surface area contributed by atoms with Crippen molar-refractivity contribution in [3.63, 3.8) is 0 Å². The lowest BCUT2D eigenvalue weighted by molar-refractivity contribution is -0.123. The van der Waals surface area contributed by atoms with Gasteiger partial charge in [0, 0.05) is 11.0 Å². The number of ether oxygens (including phenoxy) is 2. The first-order chi connectivity index (χ1) is 11.8. The van der Waals surface area contributed by atoms with Crippen LogP contribution >= 0.6 is 0 Å². The van der Waals surface area contributed by atoms with E-state index in [9.17, 15) is 4.79 Å². The molecule has 25 heavy (non-hydrogen) atoms. The lowest BCUT2D eigenvalue weighted by atomic mass is 9.95. The van der Waals surface area contributed by atoms with Gasteiger partial charge < -0.3 is 14.8 Å². The van der Waals surface area contributed by atoms with Crippen molar-refractivity contribution in [3.8, 4) is 22.8 Å². The minimum absolute atomic E-state index is 0.0608. The number of nitrogens with zero attached hydrogens (tertiary/aromatic N) is 1. The van der Waals surface area contributed by atoms with Gasteiger partial charge in [-0.25, -0.2) is 0 Å². The molecule has 1 aromatic carbocycles. The highest BCUT2D eigenvalue weighted by Crippen LogP contribution is 2.38. The van der Waals surface area contributed by atoms with Gasteiger partial charge >= 0.3 is 0 Å². The van der Waals surface area contributed by atoms with Crippen LogP contribution in [0.15, 0.2) is 18.2 Å². The molecule has 1 heterocycles. The van der Waals surface area contributed by atoms with Gasteiger partial charge in [0.1, 0.15) is 17.2 Å². The number of rotatable bonds is 6. The number of aromatic amines is 1. The molecular weight excluding hydrogens is 318 g/mol. The summed E-state index contributed by atoms with van der Waals surface area (Å²) in [4.78, 5) is 12.5. The average Bonchev–Trinajstić information content (AvgIpc) is 2.96. The Labute approximate surface area is 148 Å². The summed E-state index contributed by atoms with van der Waals surface area (Å²) in [5.41, 5.74) is 2.52. The fraction of sp³-hybridized carbons (Fsp3) is 0.474. The van der Waals surface area contributed by atoms with Crippen LogP contribution < -0.4 is 14.8 Å². The van der Waals surface area contributed by atoms with Crippen LogP contribution in [-0.2, 0) is 11.2 Å². The van der Waals surface area contributed by atoms with E-state index in [0.29, 0.717) is 22.9 Å². The summed E-state index contributed by atoms with van der Waals surface area (Å²) >= 11 is 0. The summed E-state index contributed by atoms with van der Waals surface area (Å²) in [6, 6.07) is 5.52. The Kier molecular flexibility index (Phi) is 5.72. The number of aromatic nitrogens is 2. The molecule has 2 N–H and O–H groups in total. The number of methoxy groups -OCH3 is 2. The lowest BCUT2D eigenvalue weighted by Crippen LogP contribution is -2.28. The zero-order valence-corrected chi connectivity index (χ0v) is 15.8. The highest BCUT2D eigenvalue weighted by Gasteiger charge is 2.26. The maximum atomic E-state index is 12.5. The molecule has 0 aliphatic rings. The molecule has 6 nitrogen and oxygen atoms in total. The Hall–Kier alpha value is -2.50. The van der Waals surface area contributed by atoms with Crippen molar-refractivity contribution < 1.29 is 14.3 Å². The molecule has 0 unspecified atom stereocenters. The summed E-state index contributed by atoms with van der Waals surface area (Å²) in [5.74, 6) is 1.31. The van der Waals surface area contributed by atoms with Gasteiger partial charge in [-0.3, -0.25) is 9.89 Å². The SMILES string of the molecule is CCCc1[nH]nc(-c2cc(OC)ccc2OC)c1NC(=O)C(C)(C)C. The fourth-order valence-electron chi connectivity index (χ4n) is 2.44. The van der Waals surface area contributed by atoms with E-state index in [1.54, 1.807) is 14.2 Å². The van der Waals surface area contributed by atoms with Gasteiger partial charge in [0.05, 0.1) is 25.6 Å². The second-order valence-electron chi connectivity index (χ2n) is 6.95. The maximum absolute atomic E-state index is 12.5. The third-order valence-electron chi connectivity index (χ3n) is 3.92. The summed E-state index contributed by atoms with van der Waals surface area (Å²) in [7, 11) is 3.22. The third kappa shape index (κ3) is 4.13. The van der Waals surface area contributed by atoms with Crippen LogP contribution in [0, 0.1) is 5.41 Å². The van der Waals surface area contributed by atoms with E-state index >= 15 is 0 Å². The van der Waals surface area contributed by atoms with Gasteiger partial charge in [-0.05, 0) is 24.6 Å². The first-order valence-corrected chi connectivity index (χ1v) is 8.42. The number of nitrogens with one attached hydrogen (secondary N) is 2. The van der Waals surface area contributed by atoms with Crippen molar-refractivity contribution in [1.82, 2.24) is 10.2 Å². The summed E-state index contributed by atoms with van der Waals surface area (Å²) < 4.78 is 10.8. The molecule has 0 radical (unpaired) electrons. The molecule has 0 bridgehead atoms. The average molecular weight is 345 g/mol. The molecule has 0 aliphatic heterocycles. The predicted molar refractivity (Wildman–Crippen MR) is 99.2 cm³/mol. The first-order valence-electron chi connectivity index (χ1n) is 8.42. The van der Waals surface area contributed by atoms with Crippen molar-refractivity contribution in [2.45, 2.75) is 40.5 Å². The maximum Gasteiger partial charge on any atom is 0.229 e. The quantitative estimate of drug-likeness (QED) is 0.829. The Morgan fingerprint density at radius 1 is 1.24 bits per heavy atom. The Balaban J connectivity index is 2.57. The molecule has 2 aromatic rings. The standard InChI is InChI=1S/C19H27N3O3/c1-7-8-14-17(20-18(23)19(2,3)4)16(22-21-14)13-11-12(24-5)9-10-15(13)25-6/h9-11H,7-8H2,1-6H3,(H,20,23)(H,21,22). The molecule has 0 saturated heterocycles. The first kappa shape index (κ1) is 18.8. The van der Waals surface area contributed by atoms with Crippen molar-refractivity contribution in [2.75, 3.05) is 19.5 Å². The van der Waals surface area contributed by atoms with Crippen molar-refractivity contribution >= 4 is 11.6 Å². The fourth-order valence-corrected chi connectivity index (χ4v) is 2.44. The summed E-state index contributed by atoms with van der Waals surface area (Å²) in [5, 5.41) is 10.5. The van der Waals surface area contributed by atoms with E-state index in [-0.39, 0.29) is 5.91 Å². The Morgan fingerprint density at radius 2 is 1.96 bits per heavy atom. The van der Waals surface area contributed by atoms with E-state index in [2.05, 4.69) is 22.4 Å². The van der Waals surface area contributed by atoms with E-state index < -0.39 is 5.41 Å². The molecule has 0 spiro atoms.